The first-order valence-electron chi connectivity index (χ1n) is 12.4. The quantitative estimate of drug-likeness (QED) is 0.688. The van der Waals surface area contributed by atoms with Crippen LogP contribution >= 0.6 is 0 Å². The molecule has 1 saturated carbocycles. The third-order valence-electron chi connectivity index (χ3n) is 7.89. The molecule has 4 atom stereocenters. The van der Waals surface area contributed by atoms with Crippen molar-refractivity contribution in [1.29, 1.82) is 0 Å². The monoisotopic (exact) mass is 425 g/mol. The van der Waals surface area contributed by atoms with Crippen LogP contribution in [-0.4, -0.2) is 54.3 Å². The van der Waals surface area contributed by atoms with Gasteiger partial charge < -0.3 is 15.1 Å². The summed E-state index contributed by atoms with van der Waals surface area (Å²) in [5.74, 6) is 2.13. The predicted molar refractivity (Wildman–Crippen MR) is 123 cm³/mol. The Balaban J connectivity index is 1.30. The average molecular weight is 426 g/mol. The van der Waals surface area contributed by atoms with Crippen molar-refractivity contribution in [2.24, 2.45) is 23.7 Å². The summed E-state index contributed by atoms with van der Waals surface area (Å²) in [6.45, 7) is 9.13. The fourth-order valence-corrected chi connectivity index (χ4v) is 5.74. The van der Waals surface area contributed by atoms with Gasteiger partial charge >= 0.3 is 0 Å². The molecule has 0 spiro atoms. The molecule has 1 aromatic carbocycles. The van der Waals surface area contributed by atoms with Crippen LogP contribution in [0, 0.1) is 23.7 Å². The number of likely N-dealkylation sites (tertiary alicyclic amines) is 2. The summed E-state index contributed by atoms with van der Waals surface area (Å²) in [5.41, 5.74) is 1.21. The topological polar surface area (TPSA) is 52.7 Å². The highest BCUT2D eigenvalue weighted by Crippen LogP contribution is 2.33. The van der Waals surface area contributed by atoms with Crippen molar-refractivity contribution in [1.82, 2.24) is 15.1 Å². The van der Waals surface area contributed by atoms with Crippen LogP contribution in [0.3, 0.4) is 0 Å². The van der Waals surface area contributed by atoms with E-state index in [4.69, 9.17) is 0 Å². The van der Waals surface area contributed by atoms with E-state index >= 15 is 0 Å². The lowest BCUT2D eigenvalue weighted by molar-refractivity contribution is -0.134. The maximum atomic E-state index is 12.8. The molecule has 5 heteroatoms. The van der Waals surface area contributed by atoms with Gasteiger partial charge in [0.1, 0.15) is 0 Å². The Hall–Kier alpha value is -1.88. The van der Waals surface area contributed by atoms with Gasteiger partial charge in [-0.25, -0.2) is 0 Å². The second-order valence-corrected chi connectivity index (χ2v) is 10.1. The fraction of sp³-hybridized carbons (Fsp3) is 0.692. The van der Waals surface area contributed by atoms with Crippen LogP contribution in [0.4, 0.5) is 0 Å². The minimum atomic E-state index is 0.0817. The summed E-state index contributed by atoms with van der Waals surface area (Å²) in [5, 5.41) is 3.37. The molecule has 3 fully saturated rings. The number of nitrogens with zero attached hydrogens (tertiary/aromatic N) is 2. The molecule has 3 aliphatic rings. The Labute approximate surface area is 187 Å². The number of nitrogens with one attached hydrogen (secondary N) is 1. The van der Waals surface area contributed by atoms with Crippen molar-refractivity contribution in [2.75, 3.05) is 32.7 Å². The number of hydrogen-bond donors (Lipinski definition) is 1. The molecule has 1 aromatic rings. The van der Waals surface area contributed by atoms with Gasteiger partial charge in [-0.2, -0.15) is 0 Å². The van der Waals surface area contributed by atoms with Crippen LogP contribution < -0.4 is 5.32 Å². The largest absolute Gasteiger partial charge is 0.349 e. The van der Waals surface area contributed by atoms with E-state index in [0.717, 1.165) is 58.4 Å². The van der Waals surface area contributed by atoms with Crippen molar-refractivity contribution in [3.8, 4) is 0 Å². The smallest absolute Gasteiger partial charge is 0.225 e. The van der Waals surface area contributed by atoms with E-state index in [9.17, 15) is 9.59 Å². The summed E-state index contributed by atoms with van der Waals surface area (Å²) in [6, 6.07) is 10.5. The second kappa shape index (κ2) is 10.2. The van der Waals surface area contributed by atoms with Crippen LogP contribution in [0.1, 0.15) is 64.0 Å². The van der Waals surface area contributed by atoms with E-state index in [1.165, 1.54) is 18.4 Å². The van der Waals surface area contributed by atoms with E-state index in [-0.39, 0.29) is 23.8 Å². The van der Waals surface area contributed by atoms with E-state index in [2.05, 4.69) is 46.3 Å². The summed E-state index contributed by atoms with van der Waals surface area (Å²) in [4.78, 5) is 30.0. The van der Waals surface area contributed by atoms with Crippen LogP contribution in [0.25, 0.3) is 0 Å². The SMILES string of the molecule is CCC(C)C(=O)N1CC2CN(CC[C@H](NC(=O)C3CCCC3)c3ccccc3)CC2C1. The molecular formula is C26H39N3O2. The third kappa shape index (κ3) is 5.31. The summed E-state index contributed by atoms with van der Waals surface area (Å²) >= 11 is 0. The van der Waals surface area contributed by atoms with Crippen molar-refractivity contribution in [3.63, 3.8) is 0 Å². The Bertz CT molecular complexity index is 732. The Morgan fingerprint density at radius 1 is 1.03 bits per heavy atom. The number of carbonyl (C=O) groups is 2. The lowest BCUT2D eigenvalue weighted by atomic mass is 10.0. The van der Waals surface area contributed by atoms with Gasteiger partial charge in [0.05, 0.1) is 6.04 Å². The van der Waals surface area contributed by atoms with Gasteiger partial charge in [0, 0.05) is 44.6 Å². The lowest BCUT2D eigenvalue weighted by Crippen LogP contribution is -2.37. The van der Waals surface area contributed by atoms with Gasteiger partial charge in [-0.15, -0.1) is 0 Å². The molecule has 0 bridgehead atoms. The molecule has 5 nitrogen and oxygen atoms in total. The van der Waals surface area contributed by atoms with Crippen LogP contribution in [-0.2, 0) is 9.59 Å². The van der Waals surface area contributed by atoms with Gasteiger partial charge in [-0.3, -0.25) is 9.59 Å². The summed E-state index contributed by atoms with van der Waals surface area (Å²) in [7, 11) is 0. The van der Waals surface area contributed by atoms with Crippen LogP contribution in [0.2, 0.25) is 0 Å². The maximum Gasteiger partial charge on any atom is 0.225 e. The highest BCUT2D eigenvalue weighted by molar-refractivity contribution is 5.79. The zero-order chi connectivity index (χ0) is 21.8. The molecule has 3 unspecified atom stereocenters. The van der Waals surface area contributed by atoms with Crippen LogP contribution in [0.15, 0.2) is 30.3 Å². The first-order chi connectivity index (χ1) is 15.0. The zero-order valence-corrected chi connectivity index (χ0v) is 19.3. The van der Waals surface area contributed by atoms with Crippen molar-refractivity contribution < 1.29 is 9.59 Å². The highest BCUT2D eigenvalue weighted by atomic mass is 16.2. The van der Waals surface area contributed by atoms with E-state index < -0.39 is 0 Å². The van der Waals surface area contributed by atoms with Gasteiger partial charge in [-0.1, -0.05) is 57.0 Å². The molecule has 2 saturated heterocycles. The summed E-state index contributed by atoms with van der Waals surface area (Å²) in [6.07, 6.45) is 6.30. The second-order valence-electron chi connectivity index (χ2n) is 10.1. The molecule has 1 N–H and O–H groups in total. The molecule has 2 heterocycles. The van der Waals surface area contributed by atoms with Gasteiger partial charge in [0.25, 0.3) is 0 Å². The molecule has 1 aliphatic carbocycles. The number of amides is 2. The molecule has 31 heavy (non-hydrogen) atoms. The molecule has 4 rings (SSSR count). The molecule has 0 radical (unpaired) electrons. The highest BCUT2D eigenvalue weighted by Gasteiger charge is 2.42. The predicted octanol–water partition coefficient (Wildman–Crippen LogP) is 3.86. The zero-order valence-electron chi connectivity index (χ0n) is 19.3. The summed E-state index contributed by atoms with van der Waals surface area (Å²) < 4.78 is 0. The Morgan fingerprint density at radius 3 is 2.29 bits per heavy atom. The number of benzene rings is 1. The normalized spacial score (nSPS) is 26.1. The van der Waals surface area contributed by atoms with Crippen molar-refractivity contribution in [3.05, 3.63) is 35.9 Å². The molecule has 2 amide bonds. The van der Waals surface area contributed by atoms with E-state index in [1.807, 2.05) is 13.0 Å². The number of carbonyl (C=O) groups excluding carboxylic acids is 2. The molecule has 2 aliphatic heterocycles. The molecule has 170 valence electrons. The number of hydrogen-bond acceptors (Lipinski definition) is 3. The standard InChI is InChI=1S/C26H39N3O2/c1-3-19(2)26(31)29-17-22-15-28(16-23(22)18-29)14-13-24(20-9-5-4-6-10-20)27-25(30)21-11-7-8-12-21/h4-6,9-10,19,21-24H,3,7-8,11-18H2,1-2H3,(H,27,30)/t19?,22?,23?,24-/m0/s1. The number of rotatable bonds is 8. The lowest BCUT2D eigenvalue weighted by Gasteiger charge is -2.26. The maximum absolute atomic E-state index is 12.8. The van der Waals surface area contributed by atoms with Crippen LogP contribution in [0.5, 0.6) is 0 Å². The Kier molecular flexibility index (Phi) is 7.31. The number of fused-ring (bicyclic) bond motifs is 1. The van der Waals surface area contributed by atoms with Gasteiger partial charge in [0.2, 0.25) is 11.8 Å². The molecule has 0 aromatic heterocycles. The average Bonchev–Trinajstić information content (AvgIpc) is 3.52. The van der Waals surface area contributed by atoms with E-state index in [1.54, 1.807) is 0 Å². The van der Waals surface area contributed by atoms with Crippen molar-refractivity contribution >= 4 is 11.8 Å². The third-order valence-corrected chi connectivity index (χ3v) is 7.89. The first kappa shape index (κ1) is 22.3. The minimum Gasteiger partial charge on any atom is -0.349 e. The Morgan fingerprint density at radius 2 is 1.68 bits per heavy atom. The van der Waals surface area contributed by atoms with Gasteiger partial charge in [0.15, 0.2) is 0 Å². The first-order valence-corrected chi connectivity index (χ1v) is 12.4. The molecular weight excluding hydrogens is 386 g/mol. The van der Waals surface area contributed by atoms with E-state index in [0.29, 0.717) is 17.7 Å². The minimum absolute atomic E-state index is 0.0817. The fourth-order valence-electron chi connectivity index (χ4n) is 5.74. The van der Waals surface area contributed by atoms with Crippen molar-refractivity contribution in [2.45, 2.75) is 58.4 Å². The van der Waals surface area contributed by atoms with Gasteiger partial charge in [-0.05, 0) is 43.1 Å².